The molecule has 0 aliphatic rings. The number of nitrogens with zero attached hydrogens (tertiary/aromatic N) is 2. The first-order valence-electron chi connectivity index (χ1n) is 5.29. The second-order valence-corrected chi connectivity index (χ2v) is 4.04. The van der Waals surface area contributed by atoms with Crippen LogP contribution in [0.2, 0.25) is 0 Å². The average molecular weight is 230 g/mol. The summed E-state index contributed by atoms with van der Waals surface area (Å²) in [5, 5.41) is 7.02. The molecule has 1 amide bonds. The van der Waals surface area contributed by atoms with Crippen molar-refractivity contribution in [1.82, 2.24) is 15.2 Å². The summed E-state index contributed by atoms with van der Waals surface area (Å²) in [5.74, 6) is -0.479. The van der Waals surface area contributed by atoms with Crippen molar-refractivity contribution in [2.75, 3.05) is 0 Å². The Bertz CT molecular complexity index is 567. The maximum absolute atomic E-state index is 11.4. The zero-order valence-electron chi connectivity index (χ0n) is 10.0. The van der Waals surface area contributed by atoms with Gasteiger partial charge in [-0.1, -0.05) is 0 Å². The lowest BCUT2D eigenvalue weighted by Gasteiger charge is -2.07. The molecule has 3 N–H and O–H groups in total. The van der Waals surface area contributed by atoms with Gasteiger partial charge >= 0.3 is 0 Å². The summed E-state index contributed by atoms with van der Waals surface area (Å²) >= 11 is 0. The standard InChI is InChI=1S/C12H14N4O/c1-6-4-9(10(5-14-6)12(13)17)11-7(2)15-16-8(11)3/h4-5H,1-3H3,(H2,13,17)(H,15,16). The smallest absolute Gasteiger partial charge is 0.250 e. The fraction of sp³-hybridized carbons (Fsp3) is 0.250. The summed E-state index contributed by atoms with van der Waals surface area (Å²) in [6.07, 6.45) is 1.51. The molecule has 5 nitrogen and oxygen atoms in total. The first-order chi connectivity index (χ1) is 8.00. The Labute approximate surface area is 99.1 Å². The van der Waals surface area contributed by atoms with Crippen LogP contribution in [0.25, 0.3) is 11.1 Å². The first-order valence-corrected chi connectivity index (χ1v) is 5.29. The van der Waals surface area contributed by atoms with Gasteiger partial charge in [-0.2, -0.15) is 5.10 Å². The van der Waals surface area contributed by atoms with E-state index in [0.29, 0.717) is 5.56 Å². The van der Waals surface area contributed by atoms with Crippen molar-refractivity contribution in [1.29, 1.82) is 0 Å². The molecule has 2 heterocycles. The van der Waals surface area contributed by atoms with E-state index < -0.39 is 5.91 Å². The van der Waals surface area contributed by atoms with Crippen LogP contribution in [0, 0.1) is 20.8 Å². The van der Waals surface area contributed by atoms with Crippen LogP contribution >= 0.6 is 0 Å². The molecular formula is C12H14N4O. The number of pyridine rings is 1. The number of rotatable bonds is 2. The second-order valence-electron chi connectivity index (χ2n) is 4.04. The topological polar surface area (TPSA) is 84.7 Å². The maximum Gasteiger partial charge on any atom is 0.250 e. The molecule has 0 fully saturated rings. The van der Waals surface area contributed by atoms with Crippen molar-refractivity contribution in [2.45, 2.75) is 20.8 Å². The van der Waals surface area contributed by atoms with Crippen molar-refractivity contribution in [3.63, 3.8) is 0 Å². The highest BCUT2D eigenvalue weighted by atomic mass is 16.1. The number of carbonyl (C=O) groups excluding carboxylic acids is 1. The van der Waals surface area contributed by atoms with E-state index in [-0.39, 0.29) is 0 Å². The third kappa shape index (κ3) is 1.91. The Kier molecular flexibility index (Phi) is 2.67. The molecule has 2 aromatic rings. The number of primary amides is 1. The molecule has 17 heavy (non-hydrogen) atoms. The molecule has 0 aromatic carbocycles. The molecule has 0 spiro atoms. The first kappa shape index (κ1) is 11.3. The lowest BCUT2D eigenvalue weighted by atomic mass is 9.99. The maximum atomic E-state index is 11.4. The Hall–Kier alpha value is -2.17. The number of carbonyl (C=O) groups is 1. The molecule has 0 unspecified atom stereocenters. The van der Waals surface area contributed by atoms with Gasteiger partial charge in [0.15, 0.2) is 0 Å². The molecule has 0 bridgehead atoms. The van der Waals surface area contributed by atoms with Crippen molar-refractivity contribution >= 4 is 5.91 Å². The highest BCUT2D eigenvalue weighted by Gasteiger charge is 2.16. The number of amides is 1. The minimum atomic E-state index is -0.479. The number of H-pyrrole nitrogens is 1. The number of aromatic nitrogens is 3. The third-order valence-corrected chi connectivity index (χ3v) is 2.70. The predicted octanol–water partition coefficient (Wildman–Crippen LogP) is 1.50. The fourth-order valence-electron chi connectivity index (χ4n) is 1.91. The monoisotopic (exact) mass is 230 g/mol. The highest BCUT2D eigenvalue weighted by molar-refractivity contribution is 6.00. The van der Waals surface area contributed by atoms with Gasteiger partial charge in [0.25, 0.3) is 5.91 Å². The average Bonchev–Trinajstić information content (AvgIpc) is 2.58. The van der Waals surface area contributed by atoms with E-state index in [9.17, 15) is 4.79 Å². The van der Waals surface area contributed by atoms with Gasteiger partial charge in [-0.15, -0.1) is 0 Å². The van der Waals surface area contributed by atoms with Gasteiger partial charge < -0.3 is 5.73 Å². The summed E-state index contributed by atoms with van der Waals surface area (Å²) in [6.45, 7) is 5.67. The van der Waals surface area contributed by atoms with Crippen LogP contribution in [0.3, 0.4) is 0 Å². The molecule has 0 atom stereocenters. The van der Waals surface area contributed by atoms with Crippen molar-refractivity contribution in [3.05, 3.63) is 34.9 Å². The minimum Gasteiger partial charge on any atom is -0.366 e. The molecule has 0 aliphatic heterocycles. The van der Waals surface area contributed by atoms with Crippen molar-refractivity contribution < 1.29 is 4.79 Å². The Morgan fingerprint density at radius 3 is 2.59 bits per heavy atom. The van der Waals surface area contributed by atoms with Gasteiger partial charge in [0.05, 0.1) is 11.3 Å². The van der Waals surface area contributed by atoms with Crippen LogP contribution in [0.15, 0.2) is 12.3 Å². The molecule has 0 aliphatic carbocycles. The summed E-state index contributed by atoms with van der Waals surface area (Å²) < 4.78 is 0. The Balaban J connectivity index is 2.74. The van der Waals surface area contributed by atoms with Gasteiger partial charge in [0.1, 0.15) is 0 Å². The van der Waals surface area contributed by atoms with E-state index in [0.717, 1.165) is 28.2 Å². The summed E-state index contributed by atoms with van der Waals surface area (Å²) in [5.41, 5.74) is 10.1. The number of aromatic amines is 1. The van der Waals surface area contributed by atoms with E-state index in [1.54, 1.807) is 0 Å². The van der Waals surface area contributed by atoms with Crippen LogP contribution in [-0.4, -0.2) is 21.1 Å². The number of hydrogen-bond acceptors (Lipinski definition) is 3. The quantitative estimate of drug-likeness (QED) is 0.819. The number of aryl methyl sites for hydroxylation is 3. The molecular weight excluding hydrogens is 216 g/mol. The summed E-state index contributed by atoms with van der Waals surface area (Å²) in [4.78, 5) is 15.5. The fourth-order valence-corrected chi connectivity index (χ4v) is 1.91. The third-order valence-electron chi connectivity index (χ3n) is 2.70. The highest BCUT2D eigenvalue weighted by Crippen LogP contribution is 2.28. The molecule has 2 aromatic heterocycles. The molecule has 0 radical (unpaired) electrons. The van der Waals surface area contributed by atoms with E-state index in [1.807, 2.05) is 26.8 Å². The van der Waals surface area contributed by atoms with Crippen molar-refractivity contribution in [3.8, 4) is 11.1 Å². The van der Waals surface area contributed by atoms with E-state index in [4.69, 9.17) is 5.73 Å². The number of nitrogens with two attached hydrogens (primary N) is 1. The Morgan fingerprint density at radius 1 is 1.35 bits per heavy atom. The van der Waals surface area contributed by atoms with E-state index >= 15 is 0 Å². The lowest BCUT2D eigenvalue weighted by Crippen LogP contribution is -2.13. The molecule has 5 heteroatoms. The number of hydrogen-bond donors (Lipinski definition) is 2. The predicted molar refractivity (Wildman–Crippen MR) is 64.5 cm³/mol. The normalized spacial score (nSPS) is 10.5. The van der Waals surface area contributed by atoms with E-state index in [2.05, 4.69) is 15.2 Å². The van der Waals surface area contributed by atoms with Gasteiger partial charge in [-0.25, -0.2) is 0 Å². The zero-order chi connectivity index (χ0) is 12.6. The summed E-state index contributed by atoms with van der Waals surface area (Å²) in [6, 6.07) is 1.85. The molecule has 0 saturated carbocycles. The van der Waals surface area contributed by atoms with Crippen molar-refractivity contribution in [2.24, 2.45) is 5.73 Å². The van der Waals surface area contributed by atoms with Gasteiger partial charge in [0.2, 0.25) is 0 Å². The lowest BCUT2D eigenvalue weighted by molar-refractivity contribution is 0.100. The van der Waals surface area contributed by atoms with Crippen LogP contribution < -0.4 is 5.73 Å². The van der Waals surface area contributed by atoms with Crippen LogP contribution in [0.5, 0.6) is 0 Å². The SMILES string of the molecule is Cc1cc(-c2c(C)n[nH]c2C)c(C(N)=O)cn1. The molecule has 88 valence electrons. The van der Waals surface area contributed by atoms with Gasteiger partial charge in [-0.3, -0.25) is 14.9 Å². The van der Waals surface area contributed by atoms with Crippen LogP contribution in [0.1, 0.15) is 27.4 Å². The molecule has 2 rings (SSSR count). The Morgan fingerprint density at radius 2 is 2.06 bits per heavy atom. The molecule has 0 saturated heterocycles. The van der Waals surface area contributed by atoms with Gasteiger partial charge in [0, 0.05) is 28.7 Å². The second kappa shape index (κ2) is 4.01. The number of nitrogens with one attached hydrogen (secondary N) is 1. The largest absolute Gasteiger partial charge is 0.366 e. The minimum absolute atomic E-state index is 0.420. The van der Waals surface area contributed by atoms with Crippen LogP contribution in [0.4, 0.5) is 0 Å². The van der Waals surface area contributed by atoms with Crippen LogP contribution in [-0.2, 0) is 0 Å². The zero-order valence-corrected chi connectivity index (χ0v) is 10.0. The van der Waals surface area contributed by atoms with Gasteiger partial charge in [-0.05, 0) is 26.8 Å². The summed E-state index contributed by atoms with van der Waals surface area (Å²) in [7, 11) is 0. The van der Waals surface area contributed by atoms with E-state index in [1.165, 1.54) is 6.20 Å².